The standard InChI is InChI=1S/C31H38N6O6S/c1-3-44(41,42)37-26(18-20-8-12-22(13-9-20)24-6-4-5-7-27(24)43-2)31(40)36-25(16-17-28(32)38)30(39)35-19-21-10-14-23(15-11-21)29(33)34/h4-15,25-26,37H,3,16-19H2,1-2H3,(H2,32,38)(H3,33,34)(H,35,39)(H,36,40)/t25-,26+/m0/s1. The van der Waals surface area contributed by atoms with E-state index < -0.39 is 39.8 Å². The van der Waals surface area contributed by atoms with Crippen LogP contribution in [0.4, 0.5) is 0 Å². The Morgan fingerprint density at radius 1 is 0.886 bits per heavy atom. The number of carbonyl (C=O) groups is 3. The lowest BCUT2D eigenvalue weighted by Gasteiger charge is -2.23. The maximum absolute atomic E-state index is 13.5. The Bertz CT molecular complexity index is 1580. The number of para-hydroxylation sites is 1. The summed E-state index contributed by atoms with van der Waals surface area (Å²) in [5, 5.41) is 12.8. The largest absolute Gasteiger partial charge is 0.496 e. The maximum Gasteiger partial charge on any atom is 0.242 e. The molecule has 234 valence electrons. The van der Waals surface area contributed by atoms with E-state index in [2.05, 4.69) is 15.4 Å². The molecule has 0 radical (unpaired) electrons. The molecule has 0 aromatic heterocycles. The molecule has 13 heteroatoms. The van der Waals surface area contributed by atoms with Gasteiger partial charge >= 0.3 is 0 Å². The highest BCUT2D eigenvalue weighted by Crippen LogP contribution is 2.29. The summed E-state index contributed by atoms with van der Waals surface area (Å²) < 4.78 is 32.9. The fraction of sp³-hybridized carbons (Fsp3) is 0.290. The first-order valence-electron chi connectivity index (χ1n) is 13.9. The van der Waals surface area contributed by atoms with E-state index in [9.17, 15) is 22.8 Å². The summed E-state index contributed by atoms with van der Waals surface area (Å²) in [6.07, 6.45) is -0.262. The minimum absolute atomic E-state index is 0.00389. The number of carbonyl (C=O) groups excluding carboxylic acids is 3. The molecule has 12 nitrogen and oxygen atoms in total. The summed E-state index contributed by atoms with van der Waals surface area (Å²) in [5.41, 5.74) is 14.5. The average Bonchev–Trinajstić information content (AvgIpc) is 3.01. The van der Waals surface area contributed by atoms with Gasteiger partial charge in [0.2, 0.25) is 27.7 Å². The van der Waals surface area contributed by atoms with E-state index >= 15 is 0 Å². The molecule has 0 unspecified atom stereocenters. The summed E-state index contributed by atoms with van der Waals surface area (Å²) in [5.74, 6) is -1.61. The van der Waals surface area contributed by atoms with Crippen LogP contribution in [0.5, 0.6) is 5.75 Å². The second-order valence-corrected chi connectivity index (χ2v) is 12.1. The number of rotatable bonds is 16. The van der Waals surface area contributed by atoms with Gasteiger partial charge in [0.15, 0.2) is 0 Å². The number of hydrogen-bond donors (Lipinski definition) is 6. The van der Waals surface area contributed by atoms with Crippen LogP contribution >= 0.6 is 0 Å². The fourth-order valence-electron chi connectivity index (χ4n) is 4.37. The molecule has 3 rings (SSSR count). The molecule has 0 saturated heterocycles. The van der Waals surface area contributed by atoms with Crippen LogP contribution in [0.15, 0.2) is 72.8 Å². The number of sulfonamides is 1. The van der Waals surface area contributed by atoms with Crippen molar-refractivity contribution in [3.8, 4) is 16.9 Å². The van der Waals surface area contributed by atoms with Crippen molar-refractivity contribution >= 4 is 33.6 Å². The lowest BCUT2D eigenvalue weighted by Crippen LogP contribution is -2.54. The van der Waals surface area contributed by atoms with Crippen molar-refractivity contribution in [1.29, 1.82) is 5.41 Å². The van der Waals surface area contributed by atoms with Crippen molar-refractivity contribution in [1.82, 2.24) is 15.4 Å². The number of nitrogen functional groups attached to an aromatic ring is 1. The number of amides is 3. The highest BCUT2D eigenvalue weighted by Gasteiger charge is 2.29. The van der Waals surface area contributed by atoms with Gasteiger partial charge in [-0.15, -0.1) is 0 Å². The third-order valence-electron chi connectivity index (χ3n) is 6.87. The number of methoxy groups -OCH3 is 1. The minimum atomic E-state index is -3.81. The minimum Gasteiger partial charge on any atom is -0.496 e. The van der Waals surface area contributed by atoms with Crippen LogP contribution in [0.2, 0.25) is 0 Å². The van der Waals surface area contributed by atoms with Crippen molar-refractivity contribution < 1.29 is 27.5 Å². The average molecular weight is 623 g/mol. The summed E-state index contributed by atoms with van der Waals surface area (Å²) in [4.78, 5) is 38.1. The third-order valence-corrected chi connectivity index (χ3v) is 8.28. The molecule has 0 aliphatic rings. The summed E-state index contributed by atoms with van der Waals surface area (Å²) in [6, 6.07) is 19.1. The number of nitrogens with two attached hydrogens (primary N) is 2. The molecule has 8 N–H and O–H groups in total. The number of nitrogens with one attached hydrogen (secondary N) is 4. The van der Waals surface area contributed by atoms with E-state index in [0.717, 1.165) is 11.1 Å². The zero-order valence-corrected chi connectivity index (χ0v) is 25.4. The van der Waals surface area contributed by atoms with Gasteiger partial charge in [-0.3, -0.25) is 19.8 Å². The van der Waals surface area contributed by atoms with Gasteiger partial charge in [0, 0.05) is 24.1 Å². The highest BCUT2D eigenvalue weighted by atomic mass is 32.2. The van der Waals surface area contributed by atoms with Crippen LogP contribution in [0, 0.1) is 5.41 Å². The van der Waals surface area contributed by atoms with Crippen LogP contribution in [-0.4, -0.2) is 56.9 Å². The molecule has 0 saturated carbocycles. The molecule has 0 heterocycles. The SMILES string of the molecule is CCS(=O)(=O)N[C@H](Cc1ccc(-c2ccccc2OC)cc1)C(=O)N[C@@H](CCC(N)=O)C(=O)NCc1ccc(C(=N)N)cc1. The van der Waals surface area contributed by atoms with E-state index in [4.69, 9.17) is 21.6 Å². The second kappa shape index (κ2) is 15.6. The van der Waals surface area contributed by atoms with Crippen LogP contribution < -0.4 is 31.6 Å². The van der Waals surface area contributed by atoms with Gasteiger partial charge < -0.3 is 26.8 Å². The Hall–Kier alpha value is -4.75. The van der Waals surface area contributed by atoms with Gasteiger partial charge in [-0.1, -0.05) is 66.7 Å². The first kappa shape index (κ1) is 33.7. The molecule has 0 aliphatic carbocycles. The third kappa shape index (κ3) is 9.92. The molecule has 0 aliphatic heterocycles. The molecule has 0 spiro atoms. The zero-order chi connectivity index (χ0) is 32.3. The maximum atomic E-state index is 13.5. The first-order chi connectivity index (χ1) is 20.9. The molecule has 3 aromatic carbocycles. The molecule has 44 heavy (non-hydrogen) atoms. The van der Waals surface area contributed by atoms with Crippen molar-refractivity contribution in [3.63, 3.8) is 0 Å². The molecular weight excluding hydrogens is 584 g/mol. The van der Waals surface area contributed by atoms with Gasteiger partial charge in [0.25, 0.3) is 0 Å². The van der Waals surface area contributed by atoms with E-state index in [1.807, 2.05) is 36.4 Å². The number of benzene rings is 3. The highest BCUT2D eigenvalue weighted by molar-refractivity contribution is 7.89. The second-order valence-electron chi connectivity index (χ2n) is 10.1. The lowest BCUT2D eigenvalue weighted by atomic mass is 9.99. The van der Waals surface area contributed by atoms with E-state index in [1.165, 1.54) is 6.92 Å². The topological polar surface area (TPSA) is 207 Å². The quantitative estimate of drug-likeness (QED) is 0.103. The first-order valence-corrected chi connectivity index (χ1v) is 15.6. The van der Waals surface area contributed by atoms with Crippen LogP contribution in [0.3, 0.4) is 0 Å². The van der Waals surface area contributed by atoms with Crippen molar-refractivity contribution in [3.05, 3.63) is 89.5 Å². The van der Waals surface area contributed by atoms with Gasteiger partial charge in [-0.25, -0.2) is 13.1 Å². The summed E-state index contributed by atoms with van der Waals surface area (Å²) >= 11 is 0. The summed E-state index contributed by atoms with van der Waals surface area (Å²) in [6.45, 7) is 1.55. The van der Waals surface area contributed by atoms with Gasteiger partial charge in [0.05, 0.1) is 12.9 Å². The van der Waals surface area contributed by atoms with Gasteiger partial charge in [-0.2, -0.15) is 0 Å². The summed E-state index contributed by atoms with van der Waals surface area (Å²) in [7, 11) is -2.22. The Balaban J connectivity index is 1.77. The predicted molar refractivity (Wildman–Crippen MR) is 168 cm³/mol. The molecule has 3 aromatic rings. The molecule has 0 fully saturated rings. The predicted octanol–water partition coefficient (Wildman–Crippen LogP) is 1.56. The van der Waals surface area contributed by atoms with Crippen molar-refractivity contribution in [2.45, 2.75) is 44.8 Å². The smallest absolute Gasteiger partial charge is 0.242 e. The molecular formula is C31H38N6O6S. The fourth-order valence-corrected chi connectivity index (χ4v) is 5.16. The Kier molecular flexibility index (Phi) is 12.0. The van der Waals surface area contributed by atoms with Crippen LogP contribution in [0.25, 0.3) is 11.1 Å². The normalized spacial score (nSPS) is 12.5. The Morgan fingerprint density at radius 3 is 2.11 bits per heavy atom. The number of primary amides is 1. The van der Waals surface area contributed by atoms with E-state index in [0.29, 0.717) is 22.4 Å². The van der Waals surface area contributed by atoms with Gasteiger partial charge in [-0.05, 0) is 42.5 Å². The number of amidine groups is 1. The van der Waals surface area contributed by atoms with Crippen molar-refractivity contribution in [2.75, 3.05) is 12.9 Å². The van der Waals surface area contributed by atoms with Gasteiger partial charge in [0.1, 0.15) is 23.7 Å². The molecule has 0 bridgehead atoms. The van der Waals surface area contributed by atoms with E-state index in [1.54, 1.807) is 43.5 Å². The lowest BCUT2D eigenvalue weighted by molar-refractivity contribution is -0.130. The van der Waals surface area contributed by atoms with Crippen LogP contribution in [-0.2, 0) is 37.4 Å². The number of hydrogen-bond acceptors (Lipinski definition) is 7. The van der Waals surface area contributed by atoms with E-state index in [-0.39, 0.29) is 37.4 Å². The number of ether oxygens (including phenoxy) is 1. The molecule has 3 amide bonds. The van der Waals surface area contributed by atoms with Crippen LogP contribution in [0.1, 0.15) is 36.5 Å². The molecule has 2 atom stereocenters. The Morgan fingerprint density at radius 2 is 1.52 bits per heavy atom. The Labute approximate surface area is 257 Å². The zero-order valence-electron chi connectivity index (χ0n) is 24.6. The van der Waals surface area contributed by atoms with Crippen molar-refractivity contribution in [2.24, 2.45) is 11.5 Å². The monoisotopic (exact) mass is 622 g/mol.